The Balaban J connectivity index is 1.71. The lowest BCUT2D eigenvalue weighted by molar-refractivity contribution is -0.176. The molecule has 0 bridgehead atoms. The van der Waals surface area contributed by atoms with Crippen LogP contribution in [0.15, 0.2) is 9.64 Å². The van der Waals surface area contributed by atoms with Gasteiger partial charge in [0.1, 0.15) is 5.76 Å². The van der Waals surface area contributed by atoms with Gasteiger partial charge < -0.3 is 19.6 Å². The third-order valence-electron chi connectivity index (χ3n) is 3.92. The molecule has 19 heavy (non-hydrogen) atoms. The van der Waals surface area contributed by atoms with Crippen molar-refractivity contribution in [2.45, 2.75) is 55.4 Å². The van der Waals surface area contributed by atoms with E-state index in [2.05, 4.69) is 4.98 Å². The highest BCUT2D eigenvalue weighted by molar-refractivity contribution is 7.99. The summed E-state index contributed by atoms with van der Waals surface area (Å²) in [5.41, 5.74) is 7.16. The maximum Gasteiger partial charge on any atom is 0.256 e. The van der Waals surface area contributed by atoms with Crippen molar-refractivity contribution in [3.63, 3.8) is 0 Å². The summed E-state index contributed by atoms with van der Waals surface area (Å²) in [5, 5.41) is 0.926. The predicted molar refractivity (Wildman–Crippen MR) is 72.1 cm³/mol. The quantitative estimate of drug-likeness (QED) is 0.895. The Bertz CT molecular complexity index is 437. The van der Waals surface area contributed by atoms with Gasteiger partial charge in [-0.05, 0) is 20.3 Å². The van der Waals surface area contributed by atoms with Gasteiger partial charge in [-0.1, -0.05) is 11.8 Å². The first-order valence-electron chi connectivity index (χ1n) is 6.72. The molecule has 1 saturated carbocycles. The lowest BCUT2D eigenvalue weighted by Gasteiger charge is -2.38. The Hall–Kier alpha value is -0.560. The molecule has 1 aliphatic heterocycles. The Morgan fingerprint density at radius 1 is 1.32 bits per heavy atom. The van der Waals surface area contributed by atoms with E-state index in [1.807, 2.05) is 13.8 Å². The lowest BCUT2D eigenvalue weighted by Crippen LogP contribution is -2.47. The topological polar surface area (TPSA) is 70.5 Å². The number of hydrogen-bond donors (Lipinski definition) is 1. The fourth-order valence-electron chi connectivity index (χ4n) is 2.64. The van der Waals surface area contributed by atoms with Crippen molar-refractivity contribution in [1.82, 2.24) is 4.98 Å². The van der Waals surface area contributed by atoms with Crippen LogP contribution in [0.5, 0.6) is 0 Å². The van der Waals surface area contributed by atoms with Crippen molar-refractivity contribution in [3.05, 3.63) is 11.5 Å². The number of oxazole rings is 1. The fraction of sp³-hybridized carbons (Fsp3) is 0.769. The first-order chi connectivity index (χ1) is 9.08. The van der Waals surface area contributed by atoms with Crippen molar-refractivity contribution >= 4 is 11.8 Å². The third kappa shape index (κ3) is 2.67. The number of aromatic nitrogens is 1. The summed E-state index contributed by atoms with van der Waals surface area (Å²) in [6.07, 6.45) is 2.60. The Morgan fingerprint density at radius 2 is 2.05 bits per heavy atom. The summed E-state index contributed by atoms with van der Waals surface area (Å²) < 4.78 is 17.2. The molecule has 6 heteroatoms. The van der Waals surface area contributed by atoms with Crippen molar-refractivity contribution in [2.24, 2.45) is 5.73 Å². The molecule has 0 aromatic carbocycles. The molecule has 2 fully saturated rings. The number of ether oxygens (including phenoxy) is 2. The van der Waals surface area contributed by atoms with Gasteiger partial charge in [-0.3, -0.25) is 0 Å². The molecule has 106 valence electrons. The molecular weight excluding hydrogens is 264 g/mol. The molecule has 2 atom stereocenters. The molecule has 2 N–H and O–H groups in total. The van der Waals surface area contributed by atoms with Crippen LogP contribution < -0.4 is 5.73 Å². The SMILES string of the molecule is Cc1nc(SC2CC3(CCC2N)OCCO3)oc1C. The standard InChI is InChI=1S/C13H20N2O3S/c1-8-9(2)18-12(15-8)19-11-7-13(4-3-10(11)14)16-5-6-17-13/h10-11H,3-7,14H2,1-2H3. The molecule has 3 rings (SSSR count). The van der Waals surface area contributed by atoms with E-state index in [0.717, 1.165) is 30.7 Å². The summed E-state index contributed by atoms with van der Waals surface area (Å²) in [6.45, 7) is 5.25. The lowest BCUT2D eigenvalue weighted by atomic mass is 9.90. The van der Waals surface area contributed by atoms with Gasteiger partial charge in [-0.25, -0.2) is 4.98 Å². The molecule has 1 saturated heterocycles. The fourth-order valence-corrected chi connectivity index (χ4v) is 3.91. The maximum absolute atomic E-state index is 6.22. The van der Waals surface area contributed by atoms with Crippen molar-refractivity contribution in [3.8, 4) is 0 Å². The highest BCUT2D eigenvalue weighted by Crippen LogP contribution is 2.41. The third-order valence-corrected chi connectivity index (χ3v) is 5.12. The van der Waals surface area contributed by atoms with Crippen LogP contribution >= 0.6 is 11.8 Å². The molecule has 0 radical (unpaired) electrons. The zero-order chi connectivity index (χ0) is 13.5. The molecule has 2 aliphatic rings. The normalized spacial score (nSPS) is 30.1. The average molecular weight is 284 g/mol. The molecular formula is C13H20N2O3S. The van der Waals surface area contributed by atoms with Crippen LogP contribution in [-0.2, 0) is 9.47 Å². The number of hydrogen-bond acceptors (Lipinski definition) is 6. The molecule has 2 heterocycles. The number of nitrogens with zero attached hydrogens (tertiary/aromatic N) is 1. The zero-order valence-electron chi connectivity index (χ0n) is 11.3. The average Bonchev–Trinajstić information content (AvgIpc) is 2.94. The molecule has 2 unspecified atom stereocenters. The number of rotatable bonds is 2. The van der Waals surface area contributed by atoms with E-state index >= 15 is 0 Å². The second-order valence-corrected chi connectivity index (χ2v) is 6.48. The van der Waals surface area contributed by atoms with E-state index in [1.165, 1.54) is 0 Å². The Kier molecular flexibility index (Phi) is 3.59. The van der Waals surface area contributed by atoms with Crippen LogP contribution in [0.25, 0.3) is 0 Å². The highest BCUT2D eigenvalue weighted by atomic mass is 32.2. The minimum Gasteiger partial charge on any atom is -0.437 e. The van der Waals surface area contributed by atoms with Gasteiger partial charge in [0.15, 0.2) is 5.79 Å². The summed E-state index contributed by atoms with van der Waals surface area (Å²) in [4.78, 5) is 4.41. The van der Waals surface area contributed by atoms with Crippen LogP contribution in [-0.4, -0.2) is 35.3 Å². The first-order valence-corrected chi connectivity index (χ1v) is 7.60. The van der Waals surface area contributed by atoms with Crippen LogP contribution in [0, 0.1) is 13.8 Å². The highest BCUT2D eigenvalue weighted by Gasteiger charge is 2.44. The monoisotopic (exact) mass is 284 g/mol. The summed E-state index contributed by atoms with van der Waals surface area (Å²) >= 11 is 1.61. The first kappa shape index (κ1) is 13.4. The van der Waals surface area contributed by atoms with Gasteiger partial charge in [0.2, 0.25) is 0 Å². The van der Waals surface area contributed by atoms with E-state index in [9.17, 15) is 0 Å². The zero-order valence-corrected chi connectivity index (χ0v) is 12.2. The molecule has 1 spiro atoms. The van der Waals surface area contributed by atoms with Gasteiger partial charge in [-0.2, -0.15) is 0 Å². The second-order valence-electron chi connectivity index (χ2n) is 5.29. The Labute approximate surface area is 117 Å². The van der Waals surface area contributed by atoms with Gasteiger partial charge >= 0.3 is 0 Å². The van der Waals surface area contributed by atoms with Gasteiger partial charge in [0.25, 0.3) is 5.22 Å². The van der Waals surface area contributed by atoms with E-state index in [-0.39, 0.29) is 11.3 Å². The Morgan fingerprint density at radius 3 is 2.68 bits per heavy atom. The van der Waals surface area contributed by atoms with Crippen LogP contribution in [0.2, 0.25) is 0 Å². The van der Waals surface area contributed by atoms with E-state index in [0.29, 0.717) is 18.4 Å². The van der Waals surface area contributed by atoms with E-state index in [1.54, 1.807) is 11.8 Å². The van der Waals surface area contributed by atoms with Crippen molar-refractivity contribution in [2.75, 3.05) is 13.2 Å². The van der Waals surface area contributed by atoms with Crippen LogP contribution in [0.4, 0.5) is 0 Å². The van der Waals surface area contributed by atoms with Gasteiger partial charge in [0, 0.05) is 24.1 Å². The van der Waals surface area contributed by atoms with Crippen molar-refractivity contribution < 1.29 is 13.9 Å². The van der Waals surface area contributed by atoms with Gasteiger partial charge in [0.05, 0.1) is 18.9 Å². The van der Waals surface area contributed by atoms with E-state index in [4.69, 9.17) is 19.6 Å². The van der Waals surface area contributed by atoms with Crippen molar-refractivity contribution in [1.29, 1.82) is 0 Å². The minimum atomic E-state index is -0.412. The van der Waals surface area contributed by atoms with Gasteiger partial charge in [-0.15, -0.1) is 0 Å². The molecule has 1 aromatic heterocycles. The summed E-state index contributed by atoms with van der Waals surface area (Å²) in [6, 6.07) is 0.135. The maximum atomic E-state index is 6.22. The largest absolute Gasteiger partial charge is 0.437 e. The second kappa shape index (κ2) is 5.09. The summed E-state index contributed by atoms with van der Waals surface area (Å²) in [5.74, 6) is 0.458. The molecule has 5 nitrogen and oxygen atoms in total. The number of nitrogens with two attached hydrogens (primary N) is 1. The molecule has 1 aliphatic carbocycles. The smallest absolute Gasteiger partial charge is 0.256 e. The molecule has 1 aromatic rings. The predicted octanol–water partition coefficient (Wildman–Crippen LogP) is 2.01. The molecule has 0 amide bonds. The summed E-state index contributed by atoms with van der Waals surface area (Å²) in [7, 11) is 0. The minimum absolute atomic E-state index is 0.135. The van der Waals surface area contributed by atoms with Crippen LogP contribution in [0.3, 0.4) is 0 Å². The number of thioether (sulfide) groups is 1. The van der Waals surface area contributed by atoms with E-state index < -0.39 is 5.79 Å². The van der Waals surface area contributed by atoms with Crippen LogP contribution in [0.1, 0.15) is 30.7 Å². The number of aryl methyl sites for hydroxylation is 2.